The molecule has 0 aromatic heterocycles. The predicted molar refractivity (Wildman–Crippen MR) is 44.1 cm³/mol. The van der Waals surface area contributed by atoms with Gasteiger partial charge in [0.25, 0.3) is 9.05 Å². The average Bonchev–Trinajstić information content (AvgIpc) is 2.06. The Balaban J connectivity index is 3.66. The number of benzene rings is 1. The molecule has 0 atom stereocenters. The second-order valence-electron chi connectivity index (χ2n) is 2.55. The average molecular weight is 245 g/mol. The van der Waals surface area contributed by atoms with Gasteiger partial charge in [0.15, 0.2) is 17.5 Å². The van der Waals surface area contributed by atoms with Gasteiger partial charge in [-0.2, -0.15) is 0 Å². The minimum Gasteiger partial charge on any atom is -0.207 e. The zero-order chi connectivity index (χ0) is 11.1. The topological polar surface area (TPSA) is 34.1 Å². The van der Waals surface area contributed by atoms with Crippen molar-refractivity contribution in [2.24, 2.45) is 0 Å². The van der Waals surface area contributed by atoms with Crippen LogP contribution in [0.2, 0.25) is 0 Å². The predicted octanol–water partition coefficient (Wildman–Crippen LogP) is 2.34. The minimum atomic E-state index is -4.27. The summed E-state index contributed by atoms with van der Waals surface area (Å²) in [5.41, 5.74) is -0.543. The van der Waals surface area contributed by atoms with Gasteiger partial charge in [-0.3, -0.25) is 0 Å². The molecule has 1 aromatic carbocycles. The summed E-state index contributed by atoms with van der Waals surface area (Å²) < 4.78 is 59.6. The van der Waals surface area contributed by atoms with Gasteiger partial charge in [-0.05, 0) is 13.0 Å². The van der Waals surface area contributed by atoms with E-state index in [0.29, 0.717) is 6.07 Å². The molecule has 78 valence electrons. The van der Waals surface area contributed by atoms with Crippen LogP contribution in [-0.4, -0.2) is 8.42 Å². The Bertz CT molecular complexity index is 484. The van der Waals surface area contributed by atoms with E-state index in [0.717, 1.165) is 6.92 Å². The van der Waals surface area contributed by atoms with Gasteiger partial charge in [0.1, 0.15) is 0 Å². The lowest BCUT2D eigenvalue weighted by Gasteiger charge is -2.04. The molecule has 0 heterocycles. The van der Waals surface area contributed by atoms with E-state index in [1.807, 2.05) is 0 Å². The van der Waals surface area contributed by atoms with Crippen molar-refractivity contribution < 1.29 is 21.6 Å². The highest BCUT2D eigenvalue weighted by molar-refractivity contribution is 8.13. The number of rotatable bonds is 1. The first kappa shape index (κ1) is 11.3. The zero-order valence-electron chi connectivity index (χ0n) is 6.81. The van der Waals surface area contributed by atoms with Crippen LogP contribution in [0.5, 0.6) is 0 Å². The molecule has 0 saturated carbocycles. The number of hydrogen-bond acceptors (Lipinski definition) is 2. The van der Waals surface area contributed by atoms with Crippen LogP contribution in [0.25, 0.3) is 0 Å². The van der Waals surface area contributed by atoms with Crippen molar-refractivity contribution in [1.29, 1.82) is 0 Å². The molecule has 0 saturated heterocycles. The fraction of sp³-hybridized carbons (Fsp3) is 0.143. The van der Waals surface area contributed by atoms with Crippen LogP contribution in [-0.2, 0) is 9.05 Å². The maximum atomic E-state index is 12.8. The summed E-state index contributed by atoms with van der Waals surface area (Å²) in [6.45, 7) is 0.993. The summed E-state index contributed by atoms with van der Waals surface area (Å²) in [6.07, 6.45) is 0. The van der Waals surface area contributed by atoms with Crippen molar-refractivity contribution in [3.8, 4) is 0 Å². The maximum absolute atomic E-state index is 12.8. The van der Waals surface area contributed by atoms with E-state index in [9.17, 15) is 21.6 Å². The summed E-state index contributed by atoms with van der Waals surface area (Å²) in [7, 11) is 0.607. The summed E-state index contributed by atoms with van der Waals surface area (Å²) in [5, 5.41) is 0. The highest BCUT2D eigenvalue weighted by Crippen LogP contribution is 2.25. The fourth-order valence-corrected chi connectivity index (χ4v) is 2.10. The number of hydrogen-bond donors (Lipinski definition) is 0. The zero-order valence-corrected chi connectivity index (χ0v) is 8.39. The molecular weight excluding hydrogens is 241 g/mol. The van der Waals surface area contributed by atoms with Gasteiger partial charge in [0, 0.05) is 16.2 Å². The molecule has 0 amide bonds. The summed E-state index contributed by atoms with van der Waals surface area (Å²) in [6, 6.07) is 0.343. The molecule has 0 bridgehead atoms. The maximum Gasteiger partial charge on any atom is 0.261 e. The lowest BCUT2D eigenvalue weighted by atomic mass is 10.2. The van der Waals surface area contributed by atoms with Crippen LogP contribution < -0.4 is 0 Å². The first-order chi connectivity index (χ1) is 6.25. The monoisotopic (exact) mass is 244 g/mol. The minimum absolute atomic E-state index is 0.343. The second kappa shape index (κ2) is 3.43. The lowest BCUT2D eigenvalue weighted by Crippen LogP contribution is -2.02. The third-order valence-corrected chi connectivity index (χ3v) is 3.07. The summed E-state index contributed by atoms with van der Waals surface area (Å²) in [5.74, 6) is -4.86. The molecule has 0 spiro atoms. The van der Waals surface area contributed by atoms with Gasteiger partial charge in [-0.15, -0.1) is 0 Å². The smallest absolute Gasteiger partial charge is 0.207 e. The Morgan fingerprint density at radius 3 is 2.14 bits per heavy atom. The normalized spacial score (nSPS) is 11.8. The molecule has 0 aliphatic rings. The van der Waals surface area contributed by atoms with E-state index in [2.05, 4.69) is 0 Å². The highest BCUT2D eigenvalue weighted by atomic mass is 35.7. The van der Waals surface area contributed by atoms with Crippen molar-refractivity contribution in [3.63, 3.8) is 0 Å². The molecule has 7 heteroatoms. The van der Waals surface area contributed by atoms with Gasteiger partial charge in [-0.25, -0.2) is 21.6 Å². The molecule has 1 rings (SSSR count). The molecule has 14 heavy (non-hydrogen) atoms. The lowest BCUT2D eigenvalue weighted by molar-refractivity contribution is 0.438. The van der Waals surface area contributed by atoms with Crippen LogP contribution >= 0.6 is 10.7 Å². The van der Waals surface area contributed by atoms with Gasteiger partial charge in [0.05, 0.1) is 4.90 Å². The Labute approximate surface area is 82.7 Å². The first-order valence-corrected chi connectivity index (χ1v) is 5.65. The van der Waals surface area contributed by atoms with Crippen LogP contribution in [0.3, 0.4) is 0 Å². The fourth-order valence-electron chi connectivity index (χ4n) is 0.918. The second-order valence-corrected chi connectivity index (χ2v) is 5.08. The first-order valence-electron chi connectivity index (χ1n) is 3.34. The van der Waals surface area contributed by atoms with Gasteiger partial charge in [-0.1, -0.05) is 0 Å². The quantitative estimate of drug-likeness (QED) is 0.561. The molecule has 0 radical (unpaired) electrons. The summed E-state index contributed by atoms with van der Waals surface area (Å²) >= 11 is 0. The van der Waals surface area contributed by atoms with E-state index < -0.39 is 37.0 Å². The molecule has 0 unspecified atom stereocenters. The SMILES string of the molecule is Cc1c(S(=O)(=O)Cl)cc(F)c(F)c1F. The third-order valence-electron chi connectivity index (χ3n) is 1.62. The highest BCUT2D eigenvalue weighted by Gasteiger charge is 2.22. The number of halogens is 4. The van der Waals surface area contributed by atoms with Crippen molar-refractivity contribution >= 4 is 19.7 Å². The van der Waals surface area contributed by atoms with Gasteiger partial charge >= 0.3 is 0 Å². The van der Waals surface area contributed by atoms with E-state index in [1.54, 1.807) is 0 Å². The van der Waals surface area contributed by atoms with Gasteiger partial charge < -0.3 is 0 Å². The summed E-state index contributed by atoms with van der Waals surface area (Å²) in [4.78, 5) is -0.768. The molecule has 0 aliphatic heterocycles. The van der Waals surface area contributed by atoms with Crippen molar-refractivity contribution in [2.75, 3.05) is 0 Å². The van der Waals surface area contributed by atoms with Crippen LogP contribution in [0.4, 0.5) is 13.2 Å². The van der Waals surface area contributed by atoms with E-state index in [1.165, 1.54) is 0 Å². The van der Waals surface area contributed by atoms with Crippen LogP contribution in [0.1, 0.15) is 5.56 Å². The molecule has 1 aromatic rings. The molecular formula is C7H4ClF3O2S. The Hall–Kier alpha value is -0.750. The standard InChI is InChI=1S/C7H4ClF3O2S/c1-3-5(14(8,12)13)2-4(9)7(11)6(3)10/h2H,1H3. The van der Waals surface area contributed by atoms with E-state index >= 15 is 0 Å². The molecule has 0 N–H and O–H groups in total. The molecule has 0 aliphatic carbocycles. The van der Waals surface area contributed by atoms with Crippen molar-refractivity contribution in [1.82, 2.24) is 0 Å². The van der Waals surface area contributed by atoms with E-state index in [4.69, 9.17) is 10.7 Å². The largest absolute Gasteiger partial charge is 0.261 e. The molecule has 0 fully saturated rings. The van der Waals surface area contributed by atoms with Crippen molar-refractivity contribution in [3.05, 3.63) is 29.1 Å². The Morgan fingerprint density at radius 1 is 1.21 bits per heavy atom. The van der Waals surface area contributed by atoms with E-state index in [-0.39, 0.29) is 0 Å². The Kier molecular flexibility index (Phi) is 2.78. The molecule has 2 nitrogen and oxygen atoms in total. The Morgan fingerprint density at radius 2 is 1.71 bits per heavy atom. The van der Waals surface area contributed by atoms with Crippen LogP contribution in [0.15, 0.2) is 11.0 Å². The van der Waals surface area contributed by atoms with Crippen LogP contribution in [0, 0.1) is 24.4 Å². The van der Waals surface area contributed by atoms with Crippen molar-refractivity contribution in [2.45, 2.75) is 11.8 Å². The third kappa shape index (κ3) is 1.85. The van der Waals surface area contributed by atoms with Gasteiger partial charge in [0.2, 0.25) is 0 Å².